The second-order valence-corrected chi connectivity index (χ2v) is 3.28. The number of ether oxygens (including phenoxy) is 1. The van der Waals surface area contributed by atoms with Crippen molar-refractivity contribution in [1.29, 1.82) is 0 Å². The molecule has 0 saturated heterocycles. The maximum atomic E-state index is 13.3. The smallest absolute Gasteiger partial charge is 0.289 e. The number of hydrogen-bond donors (Lipinski definition) is 2. The Balaban J connectivity index is 0.00000256. The number of benzene rings is 1. The lowest BCUT2D eigenvalue weighted by Gasteiger charge is -2.22. The summed E-state index contributed by atoms with van der Waals surface area (Å²) in [6.45, 7) is -1.44. The molecular formula is C10H13ClF3NO2. The fourth-order valence-corrected chi connectivity index (χ4v) is 1.21. The first-order chi connectivity index (χ1) is 7.42. The van der Waals surface area contributed by atoms with Gasteiger partial charge in [0.05, 0.1) is 13.2 Å². The van der Waals surface area contributed by atoms with Gasteiger partial charge in [0.2, 0.25) is 0 Å². The fourth-order valence-electron chi connectivity index (χ4n) is 1.21. The van der Waals surface area contributed by atoms with E-state index >= 15 is 0 Å². The fraction of sp³-hybridized carbons (Fsp3) is 0.400. The van der Waals surface area contributed by atoms with E-state index in [4.69, 9.17) is 15.6 Å². The van der Waals surface area contributed by atoms with Crippen LogP contribution in [0.4, 0.5) is 13.2 Å². The molecule has 1 rings (SSSR count). The molecule has 0 unspecified atom stereocenters. The first-order valence-electron chi connectivity index (χ1n) is 4.50. The predicted octanol–water partition coefficient (Wildman–Crippen LogP) is 1.88. The van der Waals surface area contributed by atoms with Crippen LogP contribution in [0.3, 0.4) is 0 Å². The molecule has 0 aliphatic rings. The van der Waals surface area contributed by atoms with Crippen molar-refractivity contribution in [3.8, 4) is 5.75 Å². The predicted molar refractivity (Wildman–Crippen MR) is 59.2 cm³/mol. The topological polar surface area (TPSA) is 55.5 Å². The molecule has 0 radical (unpaired) electrons. The van der Waals surface area contributed by atoms with Crippen LogP contribution in [0.25, 0.3) is 0 Å². The minimum atomic E-state index is -3.58. The molecular weight excluding hydrogens is 259 g/mol. The number of hydrogen-bond acceptors (Lipinski definition) is 3. The number of aliphatic hydroxyl groups is 1. The molecule has 0 aliphatic heterocycles. The van der Waals surface area contributed by atoms with Crippen LogP contribution in [0.1, 0.15) is 11.6 Å². The highest BCUT2D eigenvalue weighted by molar-refractivity contribution is 5.85. The summed E-state index contributed by atoms with van der Waals surface area (Å²) in [6, 6.07) is 1.46. The summed E-state index contributed by atoms with van der Waals surface area (Å²) in [6.07, 6.45) is 0. The Labute approximate surface area is 103 Å². The van der Waals surface area contributed by atoms with Gasteiger partial charge in [-0.1, -0.05) is 0 Å². The van der Waals surface area contributed by atoms with Gasteiger partial charge in [-0.25, -0.2) is 13.2 Å². The first-order valence-corrected chi connectivity index (χ1v) is 4.50. The van der Waals surface area contributed by atoms with Gasteiger partial charge in [-0.3, -0.25) is 0 Å². The van der Waals surface area contributed by atoms with Crippen molar-refractivity contribution in [2.75, 3.05) is 13.7 Å². The van der Waals surface area contributed by atoms with E-state index in [1.807, 2.05) is 0 Å². The van der Waals surface area contributed by atoms with Crippen LogP contribution in [-0.2, 0) is 0 Å². The third-order valence-electron chi connectivity index (χ3n) is 2.20. The summed E-state index contributed by atoms with van der Waals surface area (Å²) in [7, 11) is 1.33. The van der Waals surface area contributed by atoms with Crippen LogP contribution >= 0.6 is 12.4 Å². The third-order valence-corrected chi connectivity index (χ3v) is 2.20. The standard InChI is InChI=1S/C10H12F3NO2.ClH/c1-16-6-2-3-8(11)7(4-6)9(14)10(12,13)5-15;/h2-4,9,15H,5,14H2,1H3;1H/t9-;/m1./s1. The number of halogens is 4. The van der Waals surface area contributed by atoms with E-state index in [0.29, 0.717) is 0 Å². The van der Waals surface area contributed by atoms with Gasteiger partial charge in [0, 0.05) is 5.56 Å². The van der Waals surface area contributed by atoms with Gasteiger partial charge < -0.3 is 15.6 Å². The van der Waals surface area contributed by atoms with Gasteiger partial charge in [-0.2, -0.15) is 0 Å². The van der Waals surface area contributed by atoms with Crippen LogP contribution in [0.2, 0.25) is 0 Å². The average molecular weight is 272 g/mol. The molecule has 0 fully saturated rings. The number of alkyl halides is 2. The number of nitrogens with two attached hydrogens (primary N) is 1. The monoisotopic (exact) mass is 271 g/mol. The van der Waals surface area contributed by atoms with Gasteiger partial charge in [0.15, 0.2) is 0 Å². The SMILES string of the molecule is COc1ccc(F)c([C@@H](N)C(F)(F)CO)c1.Cl. The molecule has 98 valence electrons. The van der Waals surface area contributed by atoms with E-state index in [9.17, 15) is 13.2 Å². The van der Waals surface area contributed by atoms with Crippen molar-refractivity contribution < 1.29 is 23.0 Å². The van der Waals surface area contributed by atoms with Crippen LogP contribution in [-0.4, -0.2) is 24.7 Å². The van der Waals surface area contributed by atoms with Crippen LogP contribution in [0.5, 0.6) is 5.75 Å². The van der Waals surface area contributed by atoms with E-state index in [-0.39, 0.29) is 18.2 Å². The Morgan fingerprint density at radius 3 is 2.53 bits per heavy atom. The van der Waals surface area contributed by atoms with Crippen molar-refractivity contribution in [3.05, 3.63) is 29.6 Å². The Morgan fingerprint density at radius 1 is 1.47 bits per heavy atom. The van der Waals surface area contributed by atoms with E-state index in [2.05, 4.69) is 0 Å². The Morgan fingerprint density at radius 2 is 2.06 bits per heavy atom. The molecule has 3 N–H and O–H groups in total. The van der Waals surface area contributed by atoms with E-state index in [0.717, 1.165) is 12.1 Å². The molecule has 1 aromatic rings. The molecule has 0 amide bonds. The molecule has 0 aliphatic carbocycles. The van der Waals surface area contributed by atoms with Gasteiger partial charge in [0.1, 0.15) is 18.2 Å². The van der Waals surface area contributed by atoms with Crippen LogP contribution < -0.4 is 10.5 Å². The summed E-state index contributed by atoms with van der Waals surface area (Å²) < 4.78 is 44.2. The number of aliphatic hydroxyl groups excluding tert-OH is 1. The average Bonchev–Trinajstić information content (AvgIpc) is 2.29. The molecule has 1 aromatic carbocycles. The molecule has 17 heavy (non-hydrogen) atoms. The van der Waals surface area contributed by atoms with Crippen molar-refractivity contribution >= 4 is 12.4 Å². The molecule has 0 spiro atoms. The van der Waals surface area contributed by atoms with Gasteiger partial charge >= 0.3 is 0 Å². The van der Waals surface area contributed by atoms with Crippen molar-refractivity contribution in [2.24, 2.45) is 5.73 Å². The summed E-state index contributed by atoms with van der Waals surface area (Å²) in [5.41, 5.74) is 4.81. The summed E-state index contributed by atoms with van der Waals surface area (Å²) in [5.74, 6) is -4.21. The van der Waals surface area contributed by atoms with Gasteiger partial charge in [0.25, 0.3) is 5.92 Å². The second-order valence-electron chi connectivity index (χ2n) is 3.28. The summed E-state index contributed by atoms with van der Waals surface area (Å²) in [4.78, 5) is 0. The Kier molecular flexibility index (Phi) is 5.74. The third kappa shape index (κ3) is 3.49. The first kappa shape index (κ1) is 16.0. The minimum Gasteiger partial charge on any atom is -0.497 e. The number of rotatable bonds is 4. The quantitative estimate of drug-likeness (QED) is 0.879. The van der Waals surface area contributed by atoms with Gasteiger partial charge in [-0.15, -0.1) is 12.4 Å². The molecule has 0 saturated carbocycles. The zero-order valence-electron chi connectivity index (χ0n) is 8.99. The second kappa shape index (κ2) is 6.09. The highest BCUT2D eigenvalue weighted by Crippen LogP contribution is 2.32. The van der Waals surface area contributed by atoms with Crippen molar-refractivity contribution in [1.82, 2.24) is 0 Å². The lowest BCUT2D eigenvalue weighted by Crippen LogP contribution is -2.36. The lowest BCUT2D eigenvalue weighted by molar-refractivity contribution is -0.0719. The summed E-state index contributed by atoms with van der Waals surface area (Å²) in [5, 5.41) is 8.46. The van der Waals surface area contributed by atoms with E-state index in [1.54, 1.807) is 0 Å². The maximum Gasteiger partial charge on any atom is 0.289 e. The molecule has 3 nitrogen and oxygen atoms in total. The highest BCUT2D eigenvalue weighted by Gasteiger charge is 2.38. The summed E-state index contributed by atoms with van der Waals surface area (Å²) >= 11 is 0. The molecule has 1 atom stereocenters. The highest BCUT2D eigenvalue weighted by atomic mass is 35.5. The van der Waals surface area contributed by atoms with E-state index in [1.165, 1.54) is 13.2 Å². The molecule has 0 aromatic heterocycles. The van der Waals surface area contributed by atoms with Crippen molar-refractivity contribution in [3.63, 3.8) is 0 Å². The molecule has 7 heteroatoms. The largest absolute Gasteiger partial charge is 0.497 e. The normalized spacial score (nSPS) is 12.8. The van der Waals surface area contributed by atoms with E-state index < -0.39 is 30.0 Å². The zero-order chi connectivity index (χ0) is 12.3. The lowest BCUT2D eigenvalue weighted by atomic mass is 10.0. The number of methoxy groups -OCH3 is 1. The maximum absolute atomic E-state index is 13.3. The molecule has 0 heterocycles. The zero-order valence-corrected chi connectivity index (χ0v) is 9.81. The minimum absolute atomic E-state index is 0. The van der Waals surface area contributed by atoms with Crippen LogP contribution in [0, 0.1) is 5.82 Å². The Hall–Kier alpha value is -0.980. The van der Waals surface area contributed by atoms with Crippen molar-refractivity contribution in [2.45, 2.75) is 12.0 Å². The molecule has 0 bridgehead atoms. The van der Waals surface area contributed by atoms with Gasteiger partial charge in [-0.05, 0) is 18.2 Å². The van der Waals surface area contributed by atoms with Crippen LogP contribution in [0.15, 0.2) is 18.2 Å². The Bertz CT molecular complexity index is 377.